The molecule has 1 heterocycles. The Morgan fingerprint density at radius 2 is 2.00 bits per heavy atom. The van der Waals surface area contributed by atoms with Crippen molar-refractivity contribution in [2.45, 2.75) is 57.9 Å². The first kappa shape index (κ1) is 16.8. The maximum absolute atomic E-state index is 11.3. The minimum atomic E-state index is 0.115. The smallest absolute Gasteiger partial charge is 0.219 e. The molecule has 1 aliphatic carbocycles. The predicted octanol–water partition coefficient (Wildman–Crippen LogP) is 3.87. The van der Waals surface area contributed by atoms with Crippen molar-refractivity contribution in [3.05, 3.63) is 24.3 Å². The number of aromatic nitrogens is 2. The molecule has 1 aromatic carbocycles. The summed E-state index contributed by atoms with van der Waals surface area (Å²) in [5.74, 6) is 1.09. The Bertz CT molecular complexity index is 673. The second kappa shape index (κ2) is 8.18. The van der Waals surface area contributed by atoms with Gasteiger partial charge in [-0.2, -0.15) is 0 Å². The number of nitrogens with one attached hydrogen (secondary N) is 2. The number of anilines is 1. The Labute approximate surface area is 143 Å². The molecule has 2 N–H and O–H groups in total. The van der Waals surface area contributed by atoms with Crippen LogP contribution in [0.5, 0.6) is 0 Å². The first-order valence-corrected chi connectivity index (χ1v) is 9.27. The van der Waals surface area contributed by atoms with Crippen LogP contribution < -0.4 is 10.6 Å². The van der Waals surface area contributed by atoms with Gasteiger partial charge in [-0.25, -0.2) is 4.98 Å². The van der Waals surface area contributed by atoms with Crippen molar-refractivity contribution in [3.8, 4) is 0 Å². The van der Waals surface area contributed by atoms with Gasteiger partial charge in [-0.3, -0.25) is 4.79 Å². The molecular formula is C19H28N4O. The molecule has 0 atom stereocenters. The number of amides is 1. The van der Waals surface area contributed by atoms with E-state index in [2.05, 4.69) is 33.4 Å². The second-order valence-electron chi connectivity index (χ2n) is 6.57. The molecule has 2 aromatic rings. The molecule has 1 fully saturated rings. The Morgan fingerprint density at radius 3 is 2.79 bits per heavy atom. The topological polar surface area (TPSA) is 59.0 Å². The minimum Gasteiger partial charge on any atom is -0.356 e. The molecule has 1 amide bonds. The lowest BCUT2D eigenvalue weighted by Gasteiger charge is -2.25. The third kappa shape index (κ3) is 3.89. The molecule has 5 nitrogen and oxygen atoms in total. The standard InChI is InChI=1S/C19H28N4O/c1-2-18(24)20-13-8-14-21-19-22-16-11-6-7-12-17(16)23(19)15-9-4-3-5-10-15/h6-7,11-12,15H,2-5,8-10,13-14H2,1H3,(H,20,24)(H,21,22). The van der Waals surface area contributed by atoms with E-state index in [1.54, 1.807) is 0 Å². The normalized spacial score (nSPS) is 15.5. The summed E-state index contributed by atoms with van der Waals surface area (Å²) in [4.78, 5) is 16.1. The highest BCUT2D eigenvalue weighted by molar-refractivity contribution is 5.79. The van der Waals surface area contributed by atoms with Gasteiger partial charge in [0.2, 0.25) is 11.9 Å². The first-order chi connectivity index (χ1) is 11.8. The van der Waals surface area contributed by atoms with Gasteiger partial charge in [0, 0.05) is 25.6 Å². The van der Waals surface area contributed by atoms with Crippen LogP contribution in [0.25, 0.3) is 11.0 Å². The number of fused-ring (bicyclic) bond motifs is 1. The van der Waals surface area contributed by atoms with Gasteiger partial charge in [-0.1, -0.05) is 38.3 Å². The summed E-state index contributed by atoms with van der Waals surface area (Å²) in [6, 6.07) is 8.94. The Kier molecular flexibility index (Phi) is 5.72. The predicted molar refractivity (Wildman–Crippen MR) is 98.3 cm³/mol. The van der Waals surface area contributed by atoms with Crippen LogP contribution in [0.3, 0.4) is 0 Å². The van der Waals surface area contributed by atoms with Crippen molar-refractivity contribution in [1.29, 1.82) is 0 Å². The van der Waals surface area contributed by atoms with E-state index in [4.69, 9.17) is 4.98 Å². The van der Waals surface area contributed by atoms with E-state index in [9.17, 15) is 4.79 Å². The lowest BCUT2D eigenvalue weighted by atomic mass is 9.95. The third-order valence-corrected chi connectivity index (χ3v) is 4.82. The van der Waals surface area contributed by atoms with E-state index in [-0.39, 0.29) is 5.91 Å². The van der Waals surface area contributed by atoms with E-state index < -0.39 is 0 Å². The molecule has 0 bridgehead atoms. The Balaban J connectivity index is 1.68. The minimum absolute atomic E-state index is 0.115. The lowest BCUT2D eigenvalue weighted by Crippen LogP contribution is -2.25. The number of hydrogen-bond acceptors (Lipinski definition) is 3. The van der Waals surface area contributed by atoms with Gasteiger partial charge < -0.3 is 15.2 Å². The zero-order valence-electron chi connectivity index (χ0n) is 14.6. The summed E-state index contributed by atoms with van der Waals surface area (Å²) in [6.45, 7) is 3.41. The monoisotopic (exact) mass is 328 g/mol. The summed E-state index contributed by atoms with van der Waals surface area (Å²) in [5.41, 5.74) is 2.29. The average Bonchev–Trinajstić information content (AvgIpc) is 3.00. The fraction of sp³-hybridized carbons (Fsp3) is 0.579. The van der Waals surface area contributed by atoms with Gasteiger partial charge in [0.15, 0.2) is 0 Å². The number of carbonyl (C=O) groups excluding carboxylic acids is 1. The third-order valence-electron chi connectivity index (χ3n) is 4.82. The van der Waals surface area contributed by atoms with Crippen molar-refractivity contribution >= 4 is 22.9 Å². The molecular weight excluding hydrogens is 300 g/mol. The van der Waals surface area contributed by atoms with Gasteiger partial charge in [0.05, 0.1) is 11.0 Å². The highest BCUT2D eigenvalue weighted by atomic mass is 16.1. The van der Waals surface area contributed by atoms with Crippen LogP contribution in [0.2, 0.25) is 0 Å². The van der Waals surface area contributed by atoms with Crippen molar-refractivity contribution in [2.24, 2.45) is 0 Å². The van der Waals surface area contributed by atoms with Crippen molar-refractivity contribution in [2.75, 3.05) is 18.4 Å². The molecule has 0 saturated heterocycles. The summed E-state index contributed by atoms with van der Waals surface area (Å²) < 4.78 is 2.40. The average molecular weight is 328 g/mol. The van der Waals surface area contributed by atoms with Crippen LogP contribution in [0.4, 0.5) is 5.95 Å². The maximum atomic E-state index is 11.3. The van der Waals surface area contributed by atoms with Crippen molar-refractivity contribution in [1.82, 2.24) is 14.9 Å². The van der Waals surface area contributed by atoms with Gasteiger partial charge in [-0.05, 0) is 31.4 Å². The zero-order chi connectivity index (χ0) is 16.8. The zero-order valence-corrected chi connectivity index (χ0v) is 14.6. The maximum Gasteiger partial charge on any atom is 0.219 e. The fourth-order valence-corrected chi connectivity index (χ4v) is 3.52. The Morgan fingerprint density at radius 1 is 1.21 bits per heavy atom. The van der Waals surface area contributed by atoms with Gasteiger partial charge >= 0.3 is 0 Å². The van der Waals surface area contributed by atoms with Gasteiger partial charge in [0.25, 0.3) is 0 Å². The fourth-order valence-electron chi connectivity index (χ4n) is 3.52. The van der Waals surface area contributed by atoms with Gasteiger partial charge in [0.1, 0.15) is 0 Å². The van der Waals surface area contributed by atoms with Crippen LogP contribution >= 0.6 is 0 Å². The molecule has 1 aliphatic rings. The summed E-state index contributed by atoms with van der Waals surface area (Å²) in [5, 5.41) is 6.41. The number of imidazole rings is 1. The number of hydrogen-bond donors (Lipinski definition) is 2. The molecule has 1 saturated carbocycles. The van der Waals surface area contributed by atoms with E-state index in [1.807, 2.05) is 13.0 Å². The van der Waals surface area contributed by atoms with Crippen molar-refractivity contribution < 1.29 is 4.79 Å². The van der Waals surface area contributed by atoms with E-state index in [0.29, 0.717) is 19.0 Å². The number of carbonyl (C=O) groups is 1. The molecule has 0 spiro atoms. The molecule has 1 aromatic heterocycles. The molecule has 3 rings (SSSR count). The quantitative estimate of drug-likeness (QED) is 0.759. The second-order valence-corrected chi connectivity index (χ2v) is 6.57. The highest BCUT2D eigenvalue weighted by Crippen LogP contribution is 2.34. The molecule has 5 heteroatoms. The summed E-state index contributed by atoms with van der Waals surface area (Å²) in [7, 11) is 0. The molecule has 0 unspecified atom stereocenters. The van der Waals surface area contributed by atoms with Gasteiger partial charge in [-0.15, -0.1) is 0 Å². The highest BCUT2D eigenvalue weighted by Gasteiger charge is 2.21. The first-order valence-electron chi connectivity index (χ1n) is 9.27. The van der Waals surface area contributed by atoms with E-state index >= 15 is 0 Å². The number of nitrogens with zero attached hydrogens (tertiary/aromatic N) is 2. The summed E-state index contributed by atoms with van der Waals surface area (Å²) in [6.07, 6.45) is 7.88. The summed E-state index contributed by atoms with van der Waals surface area (Å²) >= 11 is 0. The number of para-hydroxylation sites is 2. The SMILES string of the molecule is CCC(=O)NCCCNc1nc2ccccc2n1C1CCCCC1. The Hall–Kier alpha value is -2.04. The van der Waals surface area contributed by atoms with E-state index in [1.165, 1.54) is 37.6 Å². The molecule has 0 radical (unpaired) electrons. The van der Waals surface area contributed by atoms with Crippen molar-refractivity contribution in [3.63, 3.8) is 0 Å². The van der Waals surface area contributed by atoms with Crippen LogP contribution in [0.15, 0.2) is 24.3 Å². The molecule has 0 aliphatic heterocycles. The number of rotatable bonds is 7. The number of benzene rings is 1. The lowest BCUT2D eigenvalue weighted by molar-refractivity contribution is -0.120. The van der Waals surface area contributed by atoms with Crippen LogP contribution in [0, 0.1) is 0 Å². The van der Waals surface area contributed by atoms with Crippen LogP contribution in [0.1, 0.15) is 57.9 Å². The van der Waals surface area contributed by atoms with E-state index in [0.717, 1.165) is 24.4 Å². The van der Waals surface area contributed by atoms with Crippen LogP contribution in [-0.4, -0.2) is 28.5 Å². The van der Waals surface area contributed by atoms with Crippen LogP contribution in [-0.2, 0) is 4.79 Å². The largest absolute Gasteiger partial charge is 0.356 e. The molecule has 130 valence electrons. The molecule has 24 heavy (non-hydrogen) atoms.